The van der Waals surface area contributed by atoms with Crippen molar-refractivity contribution in [2.45, 2.75) is 13.5 Å². The fourth-order valence-electron chi connectivity index (χ4n) is 1.62. The van der Waals surface area contributed by atoms with Crippen LogP contribution in [0.25, 0.3) is 0 Å². The molecule has 0 spiro atoms. The highest BCUT2D eigenvalue weighted by Crippen LogP contribution is 2.10. The standard InChI is InChI=1S/C12H14FN3/c1-9-6-12(16(2)15-9)14-8-10-4-3-5-11(13)7-10/h3-7,14H,8H2,1-2H3. The quantitative estimate of drug-likeness (QED) is 0.859. The Morgan fingerprint density at radius 3 is 2.81 bits per heavy atom. The molecule has 0 aliphatic rings. The molecule has 84 valence electrons. The smallest absolute Gasteiger partial charge is 0.124 e. The minimum absolute atomic E-state index is 0.208. The van der Waals surface area contributed by atoms with Gasteiger partial charge in [-0.05, 0) is 24.6 Å². The van der Waals surface area contributed by atoms with E-state index in [1.54, 1.807) is 10.7 Å². The Kier molecular flexibility index (Phi) is 2.90. The van der Waals surface area contributed by atoms with Gasteiger partial charge in [0, 0.05) is 19.7 Å². The first-order valence-electron chi connectivity index (χ1n) is 5.14. The zero-order valence-electron chi connectivity index (χ0n) is 9.37. The molecular formula is C12H14FN3. The van der Waals surface area contributed by atoms with Gasteiger partial charge in [0.25, 0.3) is 0 Å². The number of nitrogens with one attached hydrogen (secondary N) is 1. The van der Waals surface area contributed by atoms with Crippen LogP contribution < -0.4 is 5.32 Å². The summed E-state index contributed by atoms with van der Waals surface area (Å²) in [5.41, 5.74) is 1.88. The Morgan fingerprint density at radius 1 is 1.38 bits per heavy atom. The van der Waals surface area contributed by atoms with Gasteiger partial charge < -0.3 is 5.32 Å². The van der Waals surface area contributed by atoms with Gasteiger partial charge in [-0.1, -0.05) is 12.1 Å². The van der Waals surface area contributed by atoms with Gasteiger partial charge in [0.05, 0.1) is 5.69 Å². The number of rotatable bonds is 3. The molecule has 2 aromatic rings. The van der Waals surface area contributed by atoms with E-state index in [-0.39, 0.29) is 5.82 Å². The van der Waals surface area contributed by atoms with E-state index >= 15 is 0 Å². The Balaban J connectivity index is 2.05. The fourth-order valence-corrected chi connectivity index (χ4v) is 1.62. The highest BCUT2D eigenvalue weighted by molar-refractivity contribution is 5.37. The van der Waals surface area contributed by atoms with Crippen molar-refractivity contribution in [3.05, 3.63) is 47.4 Å². The van der Waals surface area contributed by atoms with E-state index in [9.17, 15) is 4.39 Å². The normalized spacial score (nSPS) is 10.4. The monoisotopic (exact) mass is 219 g/mol. The first-order valence-corrected chi connectivity index (χ1v) is 5.14. The molecule has 0 bridgehead atoms. The summed E-state index contributed by atoms with van der Waals surface area (Å²) in [4.78, 5) is 0. The van der Waals surface area contributed by atoms with E-state index in [0.717, 1.165) is 17.1 Å². The first-order chi connectivity index (χ1) is 7.65. The molecule has 0 saturated heterocycles. The molecule has 0 aliphatic carbocycles. The lowest BCUT2D eigenvalue weighted by Crippen LogP contribution is -2.04. The summed E-state index contributed by atoms with van der Waals surface area (Å²) in [5, 5.41) is 7.43. The van der Waals surface area contributed by atoms with Gasteiger partial charge >= 0.3 is 0 Å². The second-order valence-electron chi connectivity index (χ2n) is 3.78. The molecule has 4 heteroatoms. The molecule has 0 atom stereocenters. The van der Waals surface area contributed by atoms with Crippen LogP contribution in [0.2, 0.25) is 0 Å². The minimum Gasteiger partial charge on any atom is -0.366 e. The van der Waals surface area contributed by atoms with Crippen molar-refractivity contribution in [1.82, 2.24) is 9.78 Å². The second-order valence-corrected chi connectivity index (χ2v) is 3.78. The molecule has 0 amide bonds. The van der Waals surface area contributed by atoms with E-state index in [1.807, 2.05) is 26.1 Å². The minimum atomic E-state index is -0.208. The lowest BCUT2D eigenvalue weighted by molar-refractivity contribution is 0.626. The Morgan fingerprint density at radius 2 is 2.19 bits per heavy atom. The molecule has 1 aromatic carbocycles. The molecule has 0 fully saturated rings. The highest BCUT2D eigenvalue weighted by atomic mass is 19.1. The average molecular weight is 219 g/mol. The summed E-state index contributed by atoms with van der Waals surface area (Å²) in [7, 11) is 1.88. The van der Waals surface area contributed by atoms with E-state index in [1.165, 1.54) is 12.1 Å². The molecule has 2 rings (SSSR count). The number of nitrogens with zero attached hydrogens (tertiary/aromatic N) is 2. The lowest BCUT2D eigenvalue weighted by atomic mass is 10.2. The van der Waals surface area contributed by atoms with E-state index in [0.29, 0.717) is 6.54 Å². The number of aryl methyl sites for hydroxylation is 2. The lowest BCUT2D eigenvalue weighted by Gasteiger charge is -2.06. The molecule has 0 saturated carbocycles. The summed E-state index contributed by atoms with van der Waals surface area (Å²) in [6, 6.07) is 8.52. The Hall–Kier alpha value is -1.84. The van der Waals surface area contributed by atoms with Crippen molar-refractivity contribution >= 4 is 5.82 Å². The molecular weight excluding hydrogens is 205 g/mol. The number of hydrogen-bond donors (Lipinski definition) is 1. The molecule has 1 aromatic heterocycles. The summed E-state index contributed by atoms with van der Waals surface area (Å²) >= 11 is 0. The third-order valence-electron chi connectivity index (χ3n) is 2.36. The van der Waals surface area contributed by atoms with E-state index < -0.39 is 0 Å². The number of aromatic nitrogens is 2. The molecule has 0 aliphatic heterocycles. The van der Waals surface area contributed by atoms with Crippen molar-refractivity contribution in [1.29, 1.82) is 0 Å². The summed E-state index contributed by atoms with van der Waals surface area (Å²) in [6.07, 6.45) is 0. The third kappa shape index (κ3) is 2.39. The van der Waals surface area contributed by atoms with E-state index in [2.05, 4.69) is 10.4 Å². The average Bonchev–Trinajstić information content (AvgIpc) is 2.54. The molecule has 0 unspecified atom stereocenters. The summed E-state index contributed by atoms with van der Waals surface area (Å²) in [6.45, 7) is 2.53. The van der Waals surface area contributed by atoms with Gasteiger partial charge in [-0.3, -0.25) is 4.68 Å². The Labute approximate surface area is 93.9 Å². The predicted octanol–water partition coefficient (Wildman–Crippen LogP) is 2.48. The largest absolute Gasteiger partial charge is 0.366 e. The van der Waals surface area contributed by atoms with Gasteiger partial charge in [0.1, 0.15) is 11.6 Å². The maximum Gasteiger partial charge on any atom is 0.124 e. The highest BCUT2D eigenvalue weighted by Gasteiger charge is 2.01. The van der Waals surface area contributed by atoms with Crippen LogP contribution in [0.3, 0.4) is 0 Å². The number of hydrogen-bond acceptors (Lipinski definition) is 2. The maximum atomic E-state index is 12.9. The van der Waals surface area contributed by atoms with Crippen LogP contribution in [0, 0.1) is 12.7 Å². The third-order valence-corrected chi connectivity index (χ3v) is 2.36. The van der Waals surface area contributed by atoms with E-state index in [4.69, 9.17) is 0 Å². The number of anilines is 1. The van der Waals surface area contributed by atoms with Crippen LogP contribution in [0.4, 0.5) is 10.2 Å². The van der Waals surface area contributed by atoms with Crippen LogP contribution in [0.1, 0.15) is 11.3 Å². The molecule has 1 N–H and O–H groups in total. The zero-order chi connectivity index (χ0) is 11.5. The summed E-state index contributed by atoms with van der Waals surface area (Å²) < 4.78 is 14.7. The van der Waals surface area contributed by atoms with Crippen LogP contribution in [-0.4, -0.2) is 9.78 Å². The molecule has 1 heterocycles. The van der Waals surface area contributed by atoms with Crippen molar-refractivity contribution in [3.8, 4) is 0 Å². The first kappa shape index (κ1) is 10.7. The zero-order valence-corrected chi connectivity index (χ0v) is 9.37. The van der Waals surface area contributed by atoms with Gasteiger partial charge in [0.2, 0.25) is 0 Å². The summed E-state index contributed by atoms with van der Waals surface area (Å²) in [5.74, 6) is 0.724. The van der Waals surface area contributed by atoms with Crippen LogP contribution in [0.5, 0.6) is 0 Å². The van der Waals surface area contributed by atoms with Gasteiger partial charge in [-0.25, -0.2) is 4.39 Å². The molecule has 3 nitrogen and oxygen atoms in total. The van der Waals surface area contributed by atoms with Crippen molar-refractivity contribution in [2.24, 2.45) is 7.05 Å². The fraction of sp³-hybridized carbons (Fsp3) is 0.250. The maximum absolute atomic E-state index is 12.9. The predicted molar refractivity (Wildman–Crippen MR) is 61.7 cm³/mol. The Bertz CT molecular complexity index is 491. The van der Waals surface area contributed by atoms with Crippen LogP contribution >= 0.6 is 0 Å². The van der Waals surface area contributed by atoms with Crippen LogP contribution in [-0.2, 0) is 13.6 Å². The second kappa shape index (κ2) is 4.35. The van der Waals surface area contributed by atoms with Crippen molar-refractivity contribution < 1.29 is 4.39 Å². The van der Waals surface area contributed by atoms with Crippen molar-refractivity contribution in [3.63, 3.8) is 0 Å². The van der Waals surface area contributed by atoms with Crippen LogP contribution in [0.15, 0.2) is 30.3 Å². The number of halogens is 1. The number of benzene rings is 1. The molecule has 0 radical (unpaired) electrons. The van der Waals surface area contributed by atoms with Gasteiger partial charge in [0.15, 0.2) is 0 Å². The van der Waals surface area contributed by atoms with Gasteiger partial charge in [-0.15, -0.1) is 0 Å². The SMILES string of the molecule is Cc1cc(NCc2cccc(F)c2)n(C)n1. The van der Waals surface area contributed by atoms with Gasteiger partial charge in [-0.2, -0.15) is 5.10 Å². The topological polar surface area (TPSA) is 29.9 Å². The molecule has 16 heavy (non-hydrogen) atoms. The van der Waals surface area contributed by atoms with Crippen molar-refractivity contribution in [2.75, 3.05) is 5.32 Å².